The van der Waals surface area contributed by atoms with E-state index in [2.05, 4.69) is 21.4 Å². The quantitative estimate of drug-likeness (QED) is 0.875. The Morgan fingerprint density at radius 2 is 2.18 bits per heavy atom. The number of halogens is 1. The molecule has 1 fully saturated rings. The second kappa shape index (κ2) is 4.64. The summed E-state index contributed by atoms with van der Waals surface area (Å²) in [5.74, 6) is 0. The molecular weight excluding hydrogens is 236 g/mol. The number of pyridine rings is 1. The third-order valence-corrected chi connectivity index (χ3v) is 3.30. The molecule has 2 aromatic heterocycles. The molecule has 0 aromatic carbocycles. The number of hydrogen-bond donors (Lipinski definition) is 1. The SMILES string of the molecule is Clc1ccn2cc(CN3CCNCC3)nc2c1. The molecule has 0 radical (unpaired) electrons. The Balaban J connectivity index is 1.80. The lowest BCUT2D eigenvalue weighted by Crippen LogP contribution is -2.42. The minimum absolute atomic E-state index is 0.733. The smallest absolute Gasteiger partial charge is 0.138 e. The fourth-order valence-corrected chi connectivity index (χ4v) is 2.34. The monoisotopic (exact) mass is 250 g/mol. The normalized spacial score (nSPS) is 17.7. The van der Waals surface area contributed by atoms with Crippen LogP contribution in [0.4, 0.5) is 0 Å². The zero-order valence-corrected chi connectivity index (χ0v) is 10.3. The minimum atomic E-state index is 0.733. The van der Waals surface area contributed by atoms with Crippen molar-refractivity contribution in [3.63, 3.8) is 0 Å². The van der Waals surface area contributed by atoms with Gasteiger partial charge in [-0.25, -0.2) is 4.98 Å². The summed E-state index contributed by atoms with van der Waals surface area (Å²) in [4.78, 5) is 7.00. The van der Waals surface area contributed by atoms with Crippen LogP contribution >= 0.6 is 11.6 Å². The molecule has 0 atom stereocenters. The van der Waals surface area contributed by atoms with Gasteiger partial charge in [0.25, 0.3) is 0 Å². The van der Waals surface area contributed by atoms with E-state index < -0.39 is 0 Å². The van der Waals surface area contributed by atoms with Gasteiger partial charge in [-0.1, -0.05) is 11.6 Å². The molecule has 1 N–H and O–H groups in total. The van der Waals surface area contributed by atoms with Crippen molar-refractivity contribution in [2.75, 3.05) is 26.2 Å². The zero-order valence-electron chi connectivity index (χ0n) is 9.56. The molecule has 0 bridgehead atoms. The van der Waals surface area contributed by atoms with E-state index in [0.29, 0.717) is 0 Å². The van der Waals surface area contributed by atoms with Gasteiger partial charge in [0.2, 0.25) is 0 Å². The molecule has 0 saturated carbocycles. The summed E-state index contributed by atoms with van der Waals surface area (Å²) in [6, 6.07) is 3.77. The number of fused-ring (bicyclic) bond motifs is 1. The van der Waals surface area contributed by atoms with Crippen LogP contribution in [0, 0.1) is 0 Å². The molecule has 2 aromatic rings. The Labute approximate surface area is 105 Å². The predicted octanol–water partition coefficient (Wildman–Crippen LogP) is 1.39. The van der Waals surface area contributed by atoms with E-state index in [0.717, 1.165) is 49.1 Å². The molecule has 3 heterocycles. The Kier molecular flexibility index (Phi) is 3.01. The lowest BCUT2D eigenvalue weighted by Gasteiger charge is -2.26. The predicted molar refractivity (Wildman–Crippen MR) is 68.3 cm³/mol. The number of aromatic nitrogens is 2. The van der Waals surface area contributed by atoms with E-state index in [-0.39, 0.29) is 0 Å². The van der Waals surface area contributed by atoms with Gasteiger partial charge in [0.1, 0.15) is 5.65 Å². The highest BCUT2D eigenvalue weighted by molar-refractivity contribution is 6.30. The van der Waals surface area contributed by atoms with Crippen molar-refractivity contribution in [1.82, 2.24) is 19.6 Å². The molecule has 3 rings (SSSR count). The lowest BCUT2D eigenvalue weighted by molar-refractivity contribution is 0.231. The highest BCUT2D eigenvalue weighted by Gasteiger charge is 2.11. The van der Waals surface area contributed by atoms with Crippen molar-refractivity contribution in [1.29, 1.82) is 0 Å². The Morgan fingerprint density at radius 3 is 3.00 bits per heavy atom. The van der Waals surface area contributed by atoms with Gasteiger partial charge in [0.05, 0.1) is 5.69 Å². The number of nitrogens with one attached hydrogen (secondary N) is 1. The summed E-state index contributed by atoms with van der Waals surface area (Å²) in [5, 5.41) is 4.08. The molecule has 1 aliphatic heterocycles. The number of hydrogen-bond acceptors (Lipinski definition) is 3. The Hall–Kier alpha value is -1.10. The van der Waals surface area contributed by atoms with Crippen molar-refractivity contribution < 1.29 is 0 Å². The summed E-state index contributed by atoms with van der Waals surface area (Å²) < 4.78 is 2.02. The van der Waals surface area contributed by atoms with E-state index in [4.69, 9.17) is 11.6 Å². The van der Waals surface area contributed by atoms with Gasteiger partial charge >= 0.3 is 0 Å². The zero-order chi connectivity index (χ0) is 11.7. The lowest BCUT2D eigenvalue weighted by atomic mass is 10.3. The highest BCUT2D eigenvalue weighted by Crippen LogP contribution is 2.13. The maximum absolute atomic E-state index is 5.95. The summed E-state index contributed by atoms with van der Waals surface area (Å²) in [7, 11) is 0. The second-order valence-corrected chi connectivity index (χ2v) is 4.81. The Morgan fingerprint density at radius 1 is 1.35 bits per heavy atom. The maximum atomic E-state index is 5.95. The molecule has 90 valence electrons. The van der Waals surface area contributed by atoms with Gasteiger partial charge < -0.3 is 9.72 Å². The second-order valence-electron chi connectivity index (χ2n) is 4.37. The van der Waals surface area contributed by atoms with Crippen LogP contribution in [0.1, 0.15) is 5.69 Å². The summed E-state index contributed by atoms with van der Waals surface area (Å²) in [6.07, 6.45) is 4.03. The van der Waals surface area contributed by atoms with Crippen molar-refractivity contribution in [3.8, 4) is 0 Å². The number of imidazole rings is 1. The van der Waals surface area contributed by atoms with Gasteiger partial charge in [-0.3, -0.25) is 4.90 Å². The first-order chi connectivity index (χ1) is 8.31. The van der Waals surface area contributed by atoms with Gasteiger partial charge in [0.15, 0.2) is 0 Å². The number of nitrogens with zero attached hydrogens (tertiary/aromatic N) is 3. The average molecular weight is 251 g/mol. The first-order valence-electron chi connectivity index (χ1n) is 5.87. The standard InChI is InChI=1S/C12H15ClN4/c13-10-1-4-17-9-11(15-12(17)7-10)8-16-5-2-14-3-6-16/h1,4,7,9,14H,2-3,5-6,8H2. The summed E-state index contributed by atoms with van der Waals surface area (Å²) >= 11 is 5.95. The third-order valence-electron chi connectivity index (χ3n) is 3.07. The van der Waals surface area contributed by atoms with Crippen molar-refractivity contribution >= 4 is 17.2 Å². The molecular formula is C12H15ClN4. The molecule has 1 aliphatic rings. The van der Waals surface area contributed by atoms with Crippen LogP contribution in [0.2, 0.25) is 5.02 Å². The van der Waals surface area contributed by atoms with Crippen LogP contribution in [0.3, 0.4) is 0 Å². The fraction of sp³-hybridized carbons (Fsp3) is 0.417. The molecule has 5 heteroatoms. The molecule has 17 heavy (non-hydrogen) atoms. The number of piperazine rings is 1. The summed E-state index contributed by atoms with van der Waals surface area (Å²) in [5.41, 5.74) is 2.02. The molecule has 0 amide bonds. The van der Waals surface area contributed by atoms with Gasteiger partial charge in [-0.15, -0.1) is 0 Å². The Bertz CT molecular complexity index is 516. The summed E-state index contributed by atoms with van der Waals surface area (Å²) in [6.45, 7) is 5.24. The van der Waals surface area contributed by atoms with Crippen LogP contribution in [0.5, 0.6) is 0 Å². The molecule has 0 spiro atoms. The van der Waals surface area contributed by atoms with E-state index >= 15 is 0 Å². The molecule has 1 saturated heterocycles. The van der Waals surface area contributed by atoms with E-state index in [1.807, 2.05) is 22.7 Å². The molecule has 0 aliphatic carbocycles. The van der Waals surface area contributed by atoms with Crippen LogP contribution in [0.15, 0.2) is 24.5 Å². The average Bonchev–Trinajstić information content (AvgIpc) is 2.71. The third kappa shape index (κ3) is 2.44. The molecule has 0 unspecified atom stereocenters. The molecule has 4 nitrogen and oxygen atoms in total. The van der Waals surface area contributed by atoms with E-state index in [9.17, 15) is 0 Å². The van der Waals surface area contributed by atoms with Gasteiger partial charge in [-0.05, 0) is 12.1 Å². The van der Waals surface area contributed by atoms with Crippen molar-refractivity contribution in [2.24, 2.45) is 0 Å². The topological polar surface area (TPSA) is 32.6 Å². The van der Waals surface area contributed by atoms with Crippen LogP contribution in [-0.2, 0) is 6.54 Å². The van der Waals surface area contributed by atoms with Crippen LogP contribution < -0.4 is 5.32 Å². The van der Waals surface area contributed by atoms with E-state index in [1.165, 1.54) is 0 Å². The van der Waals surface area contributed by atoms with Crippen LogP contribution in [0.25, 0.3) is 5.65 Å². The van der Waals surface area contributed by atoms with Crippen molar-refractivity contribution in [2.45, 2.75) is 6.54 Å². The fourth-order valence-electron chi connectivity index (χ4n) is 2.18. The van der Waals surface area contributed by atoms with Gasteiger partial charge in [0, 0.05) is 50.1 Å². The first kappa shape index (κ1) is 11.0. The first-order valence-corrected chi connectivity index (χ1v) is 6.25. The number of rotatable bonds is 2. The minimum Gasteiger partial charge on any atom is -0.314 e. The van der Waals surface area contributed by atoms with E-state index in [1.54, 1.807) is 0 Å². The highest BCUT2D eigenvalue weighted by atomic mass is 35.5. The maximum Gasteiger partial charge on any atom is 0.138 e. The van der Waals surface area contributed by atoms with Gasteiger partial charge in [-0.2, -0.15) is 0 Å². The van der Waals surface area contributed by atoms with Crippen molar-refractivity contribution in [3.05, 3.63) is 35.2 Å². The van der Waals surface area contributed by atoms with Crippen LogP contribution in [-0.4, -0.2) is 40.5 Å². The largest absolute Gasteiger partial charge is 0.314 e.